The monoisotopic (exact) mass is 694 g/mol. The maximum absolute atomic E-state index is 16.9. The molecule has 3 atom stereocenters. The van der Waals surface area contributed by atoms with Crippen molar-refractivity contribution in [3.63, 3.8) is 0 Å². The van der Waals surface area contributed by atoms with Gasteiger partial charge in [-0.05, 0) is 42.5 Å². The summed E-state index contributed by atoms with van der Waals surface area (Å²) in [6.07, 6.45) is 0.873. The molecule has 4 aromatic rings. The van der Waals surface area contributed by atoms with Gasteiger partial charge in [0.25, 0.3) is 5.91 Å². The number of piperazine rings is 1. The first-order chi connectivity index (χ1) is 23.5. The number of carbonyl (C=O) groups is 1. The zero-order valence-corrected chi connectivity index (χ0v) is 27.0. The molecule has 0 saturated carbocycles. The molecule has 3 fully saturated rings. The largest absolute Gasteiger partial charge is 0.507 e. The highest BCUT2D eigenvalue weighted by molar-refractivity contribution is 6.37. The number of halogens is 5. The lowest BCUT2D eigenvalue weighted by atomic mass is 9.95. The molecular weight excluding hydrogens is 664 g/mol. The SMILES string of the molecule is [C-]#[N+]C[C@H]1CN(c2nc(OC[C@@]34CCCN3C[C@H](F)C4)nc3c(F)c(-c4cccc5ccc(F)c(Cl)c45)c(O)cc23)CCN1C(=O)C(=C)F. The number of ether oxygens (including phenoxy) is 1. The average Bonchev–Trinajstić information content (AvgIpc) is 3.61. The number of rotatable bonds is 7. The summed E-state index contributed by atoms with van der Waals surface area (Å²) in [6.45, 7) is 11.6. The number of carbonyl (C=O) groups excluding carboxylic acids is 1. The molecule has 0 radical (unpaired) electrons. The van der Waals surface area contributed by atoms with E-state index in [4.69, 9.17) is 22.9 Å². The topological polar surface area (TPSA) is 86.4 Å². The minimum atomic E-state index is -1.15. The van der Waals surface area contributed by atoms with Gasteiger partial charge in [0.1, 0.15) is 41.7 Å². The van der Waals surface area contributed by atoms with Crippen molar-refractivity contribution in [1.82, 2.24) is 19.8 Å². The number of fused-ring (bicyclic) bond motifs is 3. The molecule has 7 rings (SSSR count). The number of phenolic OH excluding ortho intramolecular Hbond substituents is 1. The molecule has 4 heterocycles. The molecule has 9 nitrogen and oxygen atoms in total. The second kappa shape index (κ2) is 12.7. The van der Waals surface area contributed by atoms with Crippen LogP contribution < -0.4 is 9.64 Å². The third-order valence-corrected chi connectivity index (χ3v) is 10.3. The number of alkyl halides is 1. The summed E-state index contributed by atoms with van der Waals surface area (Å²) in [4.78, 5) is 30.1. The Hall–Kier alpha value is -4.67. The van der Waals surface area contributed by atoms with Crippen molar-refractivity contribution in [1.29, 1.82) is 0 Å². The molecule has 254 valence electrons. The maximum atomic E-state index is 16.9. The van der Waals surface area contributed by atoms with E-state index in [2.05, 4.69) is 26.3 Å². The lowest BCUT2D eigenvalue weighted by Gasteiger charge is -2.39. The summed E-state index contributed by atoms with van der Waals surface area (Å²) in [5.74, 6) is -4.07. The van der Waals surface area contributed by atoms with Crippen LogP contribution in [0.15, 0.2) is 48.8 Å². The number of aromatic hydroxyl groups is 1. The van der Waals surface area contributed by atoms with Crippen LogP contribution in [0, 0.1) is 18.2 Å². The minimum Gasteiger partial charge on any atom is -0.507 e. The summed E-state index contributed by atoms with van der Waals surface area (Å²) in [5.41, 5.74) is -0.898. The van der Waals surface area contributed by atoms with Crippen LogP contribution in [0.1, 0.15) is 19.3 Å². The highest BCUT2D eigenvalue weighted by Crippen LogP contribution is 2.45. The van der Waals surface area contributed by atoms with Gasteiger partial charge < -0.3 is 24.5 Å². The number of hydrogen-bond acceptors (Lipinski definition) is 7. The van der Waals surface area contributed by atoms with E-state index >= 15 is 4.39 Å². The predicted molar refractivity (Wildman–Crippen MR) is 177 cm³/mol. The fourth-order valence-corrected chi connectivity index (χ4v) is 7.91. The zero-order chi connectivity index (χ0) is 34.6. The Morgan fingerprint density at radius 2 is 2.00 bits per heavy atom. The van der Waals surface area contributed by atoms with Crippen LogP contribution in [0.5, 0.6) is 11.8 Å². The van der Waals surface area contributed by atoms with Gasteiger partial charge in [-0.25, -0.2) is 24.1 Å². The highest BCUT2D eigenvalue weighted by Gasteiger charge is 2.49. The van der Waals surface area contributed by atoms with Gasteiger partial charge in [-0.1, -0.05) is 42.4 Å². The van der Waals surface area contributed by atoms with E-state index in [0.29, 0.717) is 18.4 Å². The molecule has 3 saturated heterocycles. The Bertz CT molecular complexity index is 2060. The zero-order valence-electron chi connectivity index (χ0n) is 26.2. The lowest BCUT2D eigenvalue weighted by molar-refractivity contribution is -0.131. The fraction of sp³-hybridized carbons (Fsp3) is 0.371. The van der Waals surface area contributed by atoms with E-state index in [1.807, 2.05) is 0 Å². The van der Waals surface area contributed by atoms with Crippen LogP contribution >= 0.6 is 11.6 Å². The number of amides is 1. The maximum Gasteiger partial charge on any atom is 0.319 e. The van der Waals surface area contributed by atoms with Crippen LogP contribution in [0.4, 0.5) is 23.4 Å². The summed E-state index contributed by atoms with van der Waals surface area (Å²) in [7, 11) is 0. The van der Waals surface area contributed by atoms with Crippen molar-refractivity contribution in [3.05, 3.63) is 76.9 Å². The Morgan fingerprint density at radius 1 is 1.18 bits per heavy atom. The van der Waals surface area contributed by atoms with Crippen molar-refractivity contribution >= 4 is 45.0 Å². The summed E-state index contributed by atoms with van der Waals surface area (Å²) >= 11 is 6.37. The first-order valence-corrected chi connectivity index (χ1v) is 16.2. The van der Waals surface area contributed by atoms with Gasteiger partial charge in [0.2, 0.25) is 6.54 Å². The number of nitrogens with zero attached hydrogens (tertiary/aromatic N) is 6. The first kappa shape index (κ1) is 32.9. The van der Waals surface area contributed by atoms with Gasteiger partial charge in [-0.15, -0.1) is 0 Å². The molecule has 1 amide bonds. The van der Waals surface area contributed by atoms with Crippen LogP contribution in [-0.2, 0) is 4.79 Å². The molecule has 0 spiro atoms. The molecule has 3 aliphatic rings. The summed E-state index contributed by atoms with van der Waals surface area (Å²) in [6, 6.07) is 7.89. The van der Waals surface area contributed by atoms with Gasteiger partial charge in [-0.3, -0.25) is 9.69 Å². The number of hydrogen-bond donors (Lipinski definition) is 1. The van der Waals surface area contributed by atoms with E-state index in [9.17, 15) is 23.1 Å². The molecule has 3 aromatic carbocycles. The highest BCUT2D eigenvalue weighted by atomic mass is 35.5. The van der Waals surface area contributed by atoms with Crippen molar-refractivity contribution in [2.24, 2.45) is 0 Å². The van der Waals surface area contributed by atoms with Crippen molar-refractivity contribution < 1.29 is 32.2 Å². The molecule has 14 heteroatoms. The molecule has 0 aliphatic carbocycles. The van der Waals surface area contributed by atoms with Crippen LogP contribution in [-0.4, -0.2) is 94.4 Å². The lowest BCUT2D eigenvalue weighted by Crippen LogP contribution is -2.56. The van der Waals surface area contributed by atoms with Crippen molar-refractivity contribution in [2.45, 2.75) is 37.0 Å². The third-order valence-electron chi connectivity index (χ3n) is 9.88. The number of benzene rings is 3. The molecule has 0 bridgehead atoms. The fourth-order valence-electron chi connectivity index (χ4n) is 7.64. The second-order valence-electron chi connectivity index (χ2n) is 12.8. The number of anilines is 1. The smallest absolute Gasteiger partial charge is 0.319 e. The van der Waals surface area contributed by atoms with E-state index in [1.54, 1.807) is 17.0 Å². The van der Waals surface area contributed by atoms with E-state index in [0.717, 1.165) is 13.0 Å². The van der Waals surface area contributed by atoms with E-state index in [-0.39, 0.29) is 83.5 Å². The predicted octanol–water partition coefficient (Wildman–Crippen LogP) is 6.46. The van der Waals surface area contributed by atoms with Gasteiger partial charge in [-0.2, -0.15) is 9.97 Å². The normalized spacial score (nSPS) is 22.4. The second-order valence-corrected chi connectivity index (χ2v) is 13.2. The number of phenols is 1. The van der Waals surface area contributed by atoms with Gasteiger partial charge >= 0.3 is 6.01 Å². The van der Waals surface area contributed by atoms with E-state index < -0.39 is 46.9 Å². The van der Waals surface area contributed by atoms with Crippen LogP contribution in [0.25, 0.3) is 37.6 Å². The van der Waals surface area contributed by atoms with Crippen LogP contribution in [0.3, 0.4) is 0 Å². The van der Waals surface area contributed by atoms with E-state index in [1.165, 1.54) is 29.2 Å². The molecule has 1 aromatic heterocycles. The quantitative estimate of drug-likeness (QED) is 0.135. The van der Waals surface area contributed by atoms with Crippen molar-refractivity contribution in [3.8, 4) is 22.9 Å². The summed E-state index contributed by atoms with van der Waals surface area (Å²) in [5, 5.41) is 12.0. The minimum absolute atomic E-state index is 0.00617. The standard InChI is InChI=1S/C35H31ClF4N6O3/c1-19(37)33(48)46-12-11-44(17-22(46)15-41-2)32-24-13-26(47)28(23-6-3-5-20-7-8-25(39)29(36)27(20)23)30(40)31(24)42-34(43-32)49-18-35-9-4-10-45(35)16-21(38)14-35/h3,5-8,13,21-22,47H,1,4,9-12,14-18H2/t21-,22+,35+/m1/s1. The van der Waals surface area contributed by atoms with Gasteiger partial charge in [0, 0.05) is 43.4 Å². The molecule has 49 heavy (non-hydrogen) atoms. The first-order valence-electron chi connectivity index (χ1n) is 15.9. The molecular formula is C35H31ClF4N6O3. The summed E-state index contributed by atoms with van der Waals surface area (Å²) < 4.78 is 66.1. The average molecular weight is 695 g/mol. The van der Waals surface area contributed by atoms with Gasteiger partial charge in [0.05, 0.1) is 16.1 Å². The molecule has 3 aliphatic heterocycles. The number of aromatic nitrogens is 2. The van der Waals surface area contributed by atoms with Gasteiger partial charge in [0.15, 0.2) is 11.6 Å². The third kappa shape index (κ3) is 5.66. The Labute approximate surface area is 284 Å². The van der Waals surface area contributed by atoms with Crippen LogP contribution in [0.2, 0.25) is 5.02 Å². The Balaban J connectivity index is 1.36. The Morgan fingerprint density at radius 3 is 2.78 bits per heavy atom. The Kier molecular flexibility index (Phi) is 8.49. The molecule has 1 N–H and O–H groups in total. The van der Waals surface area contributed by atoms with Crippen molar-refractivity contribution in [2.75, 3.05) is 50.8 Å². The molecule has 0 unspecified atom stereocenters.